The number of halogens is 4. The molecule has 0 aromatic rings. The lowest BCUT2D eigenvalue weighted by atomic mass is 10.3. The molecule has 4 heteroatoms. The SMILES string of the molecule is F[CH]CC(F)(F)CF. The van der Waals surface area contributed by atoms with Gasteiger partial charge in [-0.1, -0.05) is 0 Å². The summed E-state index contributed by atoms with van der Waals surface area (Å²) in [6, 6.07) is 0. The Labute approximate surface area is 44.5 Å². The molecule has 0 spiro atoms. The van der Waals surface area contributed by atoms with Crippen LogP contribution in [0.25, 0.3) is 0 Å². The van der Waals surface area contributed by atoms with Crippen LogP contribution in [0.3, 0.4) is 0 Å². The molecule has 0 aliphatic heterocycles. The van der Waals surface area contributed by atoms with E-state index in [1.54, 1.807) is 0 Å². The molecule has 0 bridgehead atoms. The fourth-order valence-corrected chi connectivity index (χ4v) is 0.167. The van der Waals surface area contributed by atoms with Crippen LogP contribution in [0.4, 0.5) is 17.6 Å². The van der Waals surface area contributed by atoms with E-state index in [0.29, 0.717) is 0 Å². The van der Waals surface area contributed by atoms with E-state index in [0.717, 1.165) is 0 Å². The van der Waals surface area contributed by atoms with Gasteiger partial charge in [0.1, 0.15) is 6.67 Å². The number of hydrogen-bond donors (Lipinski definition) is 0. The van der Waals surface area contributed by atoms with Crippen molar-refractivity contribution in [2.75, 3.05) is 6.67 Å². The molecule has 0 aliphatic carbocycles. The quantitative estimate of drug-likeness (QED) is 0.512. The smallest absolute Gasteiger partial charge is 0.244 e. The summed E-state index contributed by atoms with van der Waals surface area (Å²) < 4.78 is 44.9. The van der Waals surface area contributed by atoms with Gasteiger partial charge in [0.05, 0.1) is 0 Å². The zero-order valence-corrected chi connectivity index (χ0v) is 4.00. The van der Waals surface area contributed by atoms with E-state index in [1.807, 2.05) is 0 Å². The first-order valence-electron chi connectivity index (χ1n) is 1.98. The highest BCUT2D eigenvalue weighted by Gasteiger charge is 2.28. The van der Waals surface area contributed by atoms with Gasteiger partial charge in [-0.15, -0.1) is 0 Å². The molecule has 0 atom stereocenters. The molecule has 1 radical (unpaired) electrons. The lowest BCUT2D eigenvalue weighted by Gasteiger charge is -2.06. The standard InChI is InChI=1S/C4H5F4/c5-2-1-4(7,8)3-6/h2H,1,3H2. The highest BCUT2D eigenvalue weighted by molar-refractivity contribution is 4.68. The van der Waals surface area contributed by atoms with Gasteiger partial charge in [0.15, 0.2) is 6.67 Å². The predicted octanol–water partition coefficient (Wildman–Crippen LogP) is 2.11. The minimum absolute atomic E-state index is 0.250. The number of rotatable bonds is 3. The third-order valence-corrected chi connectivity index (χ3v) is 0.571. The van der Waals surface area contributed by atoms with Crippen LogP contribution in [-0.2, 0) is 0 Å². The molecule has 0 nitrogen and oxygen atoms in total. The number of hydrogen-bond acceptors (Lipinski definition) is 0. The van der Waals surface area contributed by atoms with Gasteiger partial charge in [0.2, 0.25) is 0 Å². The van der Waals surface area contributed by atoms with Crippen molar-refractivity contribution < 1.29 is 17.6 Å². The van der Waals surface area contributed by atoms with Gasteiger partial charge >= 0.3 is 0 Å². The minimum atomic E-state index is -3.51. The summed E-state index contributed by atoms with van der Waals surface area (Å²) in [4.78, 5) is 0. The van der Waals surface area contributed by atoms with Gasteiger partial charge in [0, 0.05) is 6.42 Å². The largest absolute Gasteiger partial charge is 0.278 e. The molecule has 0 amide bonds. The van der Waals surface area contributed by atoms with E-state index in [2.05, 4.69) is 0 Å². The zero-order chi connectivity index (χ0) is 6.62. The number of alkyl halides is 3. The van der Waals surface area contributed by atoms with E-state index in [-0.39, 0.29) is 6.67 Å². The van der Waals surface area contributed by atoms with Crippen molar-refractivity contribution >= 4 is 0 Å². The molecule has 8 heavy (non-hydrogen) atoms. The van der Waals surface area contributed by atoms with Crippen molar-refractivity contribution in [1.82, 2.24) is 0 Å². The summed E-state index contributed by atoms with van der Waals surface area (Å²) in [5, 5.41) is 0. The highest BCUT2D eigenvalue weighted by atomic mass is 19.3. The Morgan fingerprint density at radius 2 is 1.88 bits per heavy atom. The molecule has 0 N–H and O–H groups in total. The summed E-state index contributed by atoms with van der Waals surface area (Å²) >= 11 is 0. The monoisotopic (exact) mass is 129 g/mol. The van der Waals surface area contributed by atoms with E-state index in [1.165, 1.54) is 0 Å². The molecular formula is C4H5F4. The van der Waals surface area contributed by atoms with E-state index >= 15 is 0 Å². The molecule has 0 unspecified atom stereocenters. The van der Waals surface area contributed by atoms with Crippen molar-refractivity contribution in [3.63, 3.8) is 0 Å². The van der Waals surface area contributed by atoms with Gasteiger partial charge in [0.25, 0.3) is 5.92 Å². The van der Waals surface area contributed by atoms with Crippen LogP contribution in [0.5, 0.6) is 0 Å². The first-order chi connectivity index (χ1) is 3.62. The van der Waals surface area contributed by atoms with E-state index in [9.17, 15) is 17.6 Å². The second kappa shape index (κ2) is 2.89. The van der Waals surface area contributed by atoms with Gasteiger partial charge in [-0.05, 0) is 0 Å². The lowest BCUT2D eigenvalue weighted by Crippen LogP contribution is -2.17. The molecule has 0 rings (SSSR count). The third-order valence-electron chi connectivity index (χ3n) is 0.571. The Kier molecular flexibility index (Phi) is 2.79. The molecule has 49 valence electrons. The normalized spacial score (nSPS) is 12.0. The lowest BCUT2D eigenvalue weighted by molar-refractivity contribution is -0.0269. The summed E-state index contributed by atoms with van der Waals surface area (Å²) in [6.45, 7) is -2.05. The molecular weight excluding hydrogens is 124 g/mol. The van der Waals surface area contributed by atoms with Crippen LogP contribution in [0.15, 0.2) is 0 Å². The fraction of sp³-hybridized carbons (Fsp3) is 0.750. The Balaban J connectivity index is 3.37. The summed E-state index contributed by atoms with van der Waals surface area (Å²) in [6.07, 6.45) is -1.14. The average molecular weight is 129 g/mol. The van der Waals surface area contributed by atoms with E-state index in [4.69, 9.17) is 0 Å². The van der Waals surface area contributed by atoms with Crippen LogP contribution in [0.2, 0.25) is 0 Å². The van der Waals surface area contributed by atoms with Crippen molar-refractivity contribution in [3.8, 4) is 0 Å². The second-order valence-corrected chi connectivity index (χ2v) is 1.35. The summed E-state index contributed by atoms with van der Waals surface area (Å²) in [5.74, 6) is -3.51. The van der Waals surface area contributed by atoms with Gasteiger partial charge in [-0.3, -0.25) is 0 Å². The molecule has 0 saturated heterocycles. The van der Waals surface area contributed by atoms with Crippen molar-refractivity contribution in [1.29, 1.82) is 0 Å². The van der Waals surface area contributed by atoms with Crippen molar-refractivity contribution in [3.05, 3.63) is 6.67 Å². The predicted molar refractivity (Wildman–Crippen MR) is 20.9 cm³/mol. The van der Waals surface area contributed by atoms with Crippen LogP contribution < -0.4 is 0 Å². The Morgan fingerprint density at radius 3 is 2.00 bits per heavy atom. The van der Waals surface area contributed by atoms with Gasteiger partial charge < -0.3 is 0 Å². The Bertz CT molecular complexity index is 61.1. The van der Waals surface area contributed by atoms with Crippen molar-refractivity contribution in [2.45, 2.75) is 12.3 Å². The average Bonchev–Trinajstić information content (AvgIpc) is 1.67. The van der Waals surface area contributed by atoms with E-state index < -0.39 is 19.0 Å². The Hall–Kier alpha value is -0.280. The first kappa shape index (κ1) is 7.72. The van der Waals surface area contributed by atoms with Crippen molar-refractivity contribution in [2.24, 2.45) is 0 Å². The summed E-state index contributed by atoms with van der Waals surface area (Å²) in [5.41, 5.74) is 0. The molecule has 0 aromatic heterocycles. The summed E-state index contributed by atoms with van der Waals surface area (Å²) in [7, 11) is 0. The van der Waals surface area contributed by atoms with Gasteiger partial charge in [-0.2, -0.15) is 0 Å². The van der Waals surface area contributed by atoms with Gasteiger partial charge in [-0.25, -0.2) is 17.6 Å². The molecule has 0 saturated carbocycles. The molecule has 0 aromatic carbocycles. The first-order valence-corrected chi connectivity index (χ1v) is 1.98. The highest BCUT2D eigenvalue weighted by Crippen LogP contribution is 2.19. The maximum atomic E-state index is 11.5. The maximum absolute atomic E-state index is 11.5. The maximum Gasteiger partial charge on any atom is 0.278 e. The molecule has 0 heterocycles. The second-order valence-electron chi connectivity index (χ2n) is 1.35. The fourth-order valence-electron chi connectivity index (χ4n) is 0.167. The molecule has 0 aliphatic rings. The topological polar surface area (TPSA) is 0 Å². The minimum Gasteiger partial charge on any atom is -0.244 e. The van der Waals surface area contributed by atoms with Crippen LogP contribution >= 0.6 is 0 Å². The zero-order valence-electron chi connectivity index (χ0n) is 4.00. The van der Waals surface area contributed by atoms with Crippen LogP contribution in [0.1, 0.15) is 6.42 Å². The third kappa shape index (κ3) is 2.82. The van der Waals surface area contributed by atoms with Crippen LogP contribution in [0, 0.1) is 6.67 Å². The Morgan fingerprint density at radius 1 is 1.38 bits per heavy atom. The van der Waals surface area contributed by atoms with Crippen LogP contribution in [-0.4, -0.2) is 12.6 Å². The molecule has 0 fully saturated rings.